The normalized spacial score (nSPS) is 16.8. The number of hydrogen-bond acceptors (Lipinski definition) is 3. The Balaban J connectivity index is 2.10. The first-order chi connectivity index (χ1) is 10.1. The molecule has 1 aromatic heterocycles. The van der Waals surface area contributed by atoms with Crippen LogP contribution in [-0.2, 0) is 27.1 Å². The zero-order valence-corrected chi connectivity index (χ0v) is 13.0. The average Bonchev–Trinajstić information content (AvgIpc) is 2.96. The van der Waals surface area contributed by atoms with Gasteiger partial charge in [0.05, 0.1) is 22.9 Å². The Morgan fingerprint density at radius 1 is 1.48 bits per heavy atom. The lowest BCUT2D eigenvalue weighted by Crippen LogP contribution is -2.15. The van der Waals surface area contributed by atoms with E-state index >= 15 is 0 Å². The van der Waals surface area contributed by atoms with Crippen molar-refractivity contribution >= 4 is 34.1 Å². The van der Waals surface area contributed by atoms with Gasteiger partial charge in [-0.2, -0.15) is 5.10 Å². The fourth-order valence-corrected chi connectivity index (χ4v) is 3.72. The minimum atomic E-state index is -0.938. The number of fused-ring (bicyclic) bond motifs is 1. The van der Waals surface area contributed by atoms with Crippen LogP contribution in [0.3, 0.4) is 0 Å². The highest BCUT2D eigenvalue weighted by molar-refractivity contribution is 7.83. The number of aromatic nitrogens is 2. The van der Waals surface area contributed by atoms with Crippen LogP contribution in [0.2, 0.25) is 5.02 Å². The van der Waals surface area contributed by atoms with E-state index in [0.717, 1.165) is 16.9 Å². The molecule has 1 aromatic carbocycles. The Labute approximate surface area is 129 Å². The maximum atomic E-state index is 11.8. The van der Waals surface area contributed by atoms with Crippen LogP contribution in [0.1, 0.15) is 24.6 Å². The second-order valence-corrected chi connectivity index (χ2v) is 6.69. The summed E-state index contributed by atoms with van der Waals surface area (Å²) in [5.74, 6) is 1.36. The Hall–Kier alpha value is -1.66. The molecule has 21 heavy (non-hydrogen) atoms. The molecule has 1 amide bonds. The van der Waals surface area contributed by atoms with Crippen molar-refractivity contribution in [2.24, 2.45) is 0 Å². The van der Waals surface area contributed by atoms with E-state index in [9.17, 15) is 9.00 Å². The minimum absolute atomic E-state index is 0.0985. The summed E-state index contributed by atoms with van der Waals surface area (Å²) in [6, 6.07) is 7.25. The molecule has 2 heterocycles. The van der Waals surface area contributed by atoms with Gasteiger partial charge in [0.15, 0.2) is 0 Å². The zero-order chi connectivity index (χ0) is 15.0. The van der Waals surface area contributed by atoms with E-state index in [0.29, 0.717) is 28.8 Å². The maximum absolute atomic E-state index is 11.8. The molecular formula is C14H14ClN3O2S. The van der Waals surface area contributed by atoms with Crippen LogP contribution in [0.25, 0.3) is 5.69 Å². The SMILES string of the molecule is CCC(=O)Nc1c2c(nn1-c1cccc(Cl)c1)C[S@@](=O)C2. The highest BCUT2D eigenvalue weighted by Crippen LogP contribution is 2.31. The summed E-state index contributed by atoms with van der Waals surface area (Å²) < 4.78 is 13.4. The predicted octanol–water partition coefficient (Wildman–Crippen LogP) is 2.64. The molecule has 0 saturated heterocycles. The third-order valence-electron chi connectivity index (χ3n) is 3.30. The van der Waals surface area contributed by atoms with Crippen LogP contribution in [0.5, 0.6) is 0 Å². The van der Waals surface area contributed by atoms with Gasteiger partial charge in [0.1, 0.15) is 5.82 Å². The van der Waals surface area contributed by atoms with E-state index in [1.165, 1.54) is 0 Å². The molecule has 0 radical (unpaired) electrons. The lowest BCUT2D eigenvalue weighted by Gasteiger charge is -2.10. The molecular weight excluding hydrogens is 310 g/mol. The van der Waals surface area contributed by atoms with Crippen molar-refractivity contribution in [3.8, 4) is 5.69 Å². The molecule has 3 rings (SSSR count). The van der Waals surface area contributed by atoms with Gasteiger partial charge in [-0.1, -0.05) is 24.6 Å². The van der Waals surface area contributed by atoms with Crippen molar-refractivity contribution in [2.45, 2.75) is 24.9 Å². The standard InChI is InChI=1S/C14H14ClN3O2S/c1-2-13(19)16-14-11-7-21(20)8-12(11)17-18(14)10-5-3-4-9(15)6-10/h3-6H,2,7-8H2,1H3,(H,16,19)/t21-/m0/s1. The number of carbonyl (C=O) groups is 1. The van der Waals surface area contributed by atoms with Crippen LogP contribution >= 0.6 is 11.6 Å². The highest BCUT2D eigenvalue weighted by Gasteiger charge is 2.28. The number of halogens is 1. The summed E-state index contributed by atoms with van der Waals surface area (Å²) in [5.41, 5.74) is 2.41. The fraction of sp³-hybridized carbons (Fsp3) is 0.286. The Bertz CT molecular complexity index is 742. The van der Waals surface area contributed by atoms with Crippen molar-refractivity contribution in [1.82, 2.24) is 9.78 Å². The van der Waals surface area contributed by atoms with Gasteiger partial charge in [-0.3, -0.25) is 9.00 Å². The van der Waals surface area contributed by atoms with Crippen molar-refractivity contribution in [3.63, 3.8) is 0 Å². The Morgan fingerprint density at radius 2 is 2.29 bits per heavy atom. The molecule has 0 spiro atoms. The molecule has 0 aliphatic carbocycles. The minimum Gasteiger partial charge on any atom is -0.310 e. The number of amides is 1. The van der Waals surface area contributed by atoms with Crippen LogP contribution in [-0.4, -0.2) is 19.9 Å². The molecule has 2 aromatic rings. The van der Waals surface area contributed by atoms with E-state index < -0.39 is 10.8 Å². The maximum Gasteiger partial charge on any atom is 0.225 e. The summed E-state index contributed by atoms with van der Waals surface area (Å²) in [6.07, 6.45) is 0.374. The number of anilines is 1. The van der Waals surface area contributed by atoms with E-state index in [2.05, 4.69) is 10.4 Å². The second-order valence-electron chi connectivity index (χ2n) is 4.80. The Kier molecular flexibility index (Phi) is 3.82. The number of hydrogen-bond donors (Lipinski definition) is 1. The van der Waals surface area contributed by atoms with E-state index in [1.54, 1.807) is 23.7 Å². The van der Waals surface area contributed by atoms with Crippen LogP contribution in [0.4, 0.5) is 5.82 Å². The molecule has 1 aliphatic rings. The number of carbonyl (C=O) groups excluding carboxylic acids is 1. The molecule has 0 saturated carbocycles. The fourth-order valence-electron chi connectivity index (χ4n) is 2.27. The summed E-state index contributed by atoms with van der Waals surface area (Å²) >= 11 is 6.02. The molecule has 1 atom stereocenters. The van der Waals surface area contributed by atoms with Crippen molar-refractivity contribution in [1.29, 1.82) is 0 Å². The van der Waals surface area contributed by atoms with Crippen LogP contribution in [0.15, 0.2) is 24.3 Å². The lowest BCUT2D eigenvalue weighted by atomic mass is 10.2. The molecule has 0 fully saturated rings. The van der Waals surface area contributed by atoms with Crippen molar-refractivity contribution < 1.29 is 9.00 Å². The summed E-state index contributed by atoms with van der Waals surface area (Å²) in [6.45, 7) is 1.79. The molecule has 110 valence electrons. The van der Waals surface area contributed by atoms with Crippen molar-refractivity contribution in [2.75, 3.05) is 5.32 Å². The number of nitrogens with one attached hydrogen (secondary N) is 1. The average molecular weight is 324 g/mol. The summed E-state index contributed by atoms with van der Waals surface area (Å²) in [7, 11) is -0.938. The lowest BCUT2D eigenvalue weighted by molar-refractivity contribution is -0.115. The molecule has 7 heteroatoms. The van der Waals surface area contributed by atoms with Gasteiger partial charge in [0, 0.05) is 27.8 Å². The molecule has 1 N–H and O–H groups in total. The highest BCUT2D eigenvalue weighted by atomic mass is 35.5. The third kappa shape index (κ3) is 2.73. The molecule has 0 bridgehead atoms. The first-order valence-corrected chi connectivity index (χ1v) is 8.46. The molecule has 1 aliphatic heterocycles. The van der Waals surface area contributed by atoms with Gasteiger partial charge in [0.2, 0.25) is 5.91 Å². The van der Waals surface area contributed by atoms with Gasteiger partial charge in [-0.05, 0) is 18.2 Å². The number of rotatable bonds is 3. The van der Waals surface area contributed by atoms with Gasteiger partial charge >= 0.3 is 0 Å². The van der Waals surface area contributed by atoms with Gasteiger partial charge in [-0.15, -0.1) is 0 Å². The molecule has 0 unspecified atom stereocenters. The Morgan fingerprint density at radius 3 is 3.00 bits per heavy atom. The monoisotopic (exact) mass is 323 g/mol. The molecule has 5 nitrogen and oxygen atoms in total. The van der Waals surface area contributed by atoms with Gasteiger partial charge in [-0.25, -0.2) is 4.68 Å². The van der Waals surface area contributed by atoms with Crippen LogP contribution in [0, 0.1) is 0 Å². The van der Waals surface area contributed by atoms with Gasteiger partial charge in [0.25, 0.3) is 0 Å². The number of benzene rings is 1. The zero-order valence-electron chi connectivity index (χ0n) is 11.4. The van der Waals surface area contributed by atoms with E-state index in [4.69, 9.17) is 11.6 Å². The van der Waals surface area contributed by atoms with Crippen LogP contribution < -0.4 is 5.32 Å². The largest absolute Gasteiger partial charge is 0.310 e. The quantitative estimate of drug-likeness (QED) is 0.944. The van der Waals surface area contributed by atoms with E-state index in [-0.39, 0.29) is 5.91 Å². The third-order valence-corrected chi connectivity index (χ3v) is 4.74. The topological polar surface area (TPSA) is 64.0 Å². The van der Waals surface area contributed by atoms with Crippen molar-refractivity contribution in [3.05, 3.63) is 40.5 Å². The van der Waals surface area contributed by atoms with E-state index in [1.807, 2.05) is 12.1 Å². The first-order valence-electron chi connectivity index (χ1n) is 6.60. The smallest absolute Gasteiger partial charge is 0.225 e. The first kappa shape index (κ1) is 14.3. The summed E-state index contributed by atoms with van der Waals surface area (Å²) in [4.78, 5) is 11.8. The van der Waals surface area contributed by atoms with Gasteiger partial charge < -0.3 is 5.32 Å². The predicted molar refractivity (Wildman–Crippen MR) is 83.0 cm³/mol. The second kappa shape index (κ2) is 5.61. The summed E-state index contributed by atoms with van der Waals surface area (Å²) in [5, 5.41) is 7.95. The number of nitrogens with zero attached hydrogens (tertiary/aromatic N) is 2.